The van der Waals surface area contributed by atoms with E-state index in [1.807, 2.05) is 0 Å². The van der Waals surface area contributed by atoms with Crippen molar-refractivity contribution in [3.05, 3.63) is 78.5 Å². The molecule has 0 fully saturated rings. The van der Waals surface area contributed by atoms with Crippen LogP contribution in [0.3, 0.4) is 0 Å². The number of hydrogen-bond donors (Lipinski definition) is 1. The molecule has 0 radical (unpaired) electrons. The van der Waals surface area contributed by atoms with Crippen LogP contribution >= 0.6 is 0 Å². The van der Waals surface area contributed by atoms with Crippen LogP contribution < -0.4 is 19.2 Å². The third-order valence-corrected chi connectivity index (χ3v) is 6.12. The van der Waals surface area contributed by atoms with Gasteiger partial charge in [0.25, 0.3) is 15.9 Å². The van der Waals surface area contributed by atoms with Gasteiger partial charge in [0.2, 0.25) is 0 Å². The normalized spacial score (nSPS) is 11.2. The van der Waals surface area contributed by atoms with Gasteiger partial charge >= 0.3 is 0 Å². The number of hydrazone groups is 1. The van der Waals surface area contributed by atoms with Crippen LogP contribution in [-0.2, 0) is 14.8 Å². The largest absolute Gasteiger partial charge is 0.497 e. The fourth-order valence-corrected chi connectivity index (χ4v) is 4.17. The van der Waals surface area contributed by atoms with Gasteiger partial charge < -0.3 is 9.47 Å². The lowest BCUT2D eigenvalue weighted by atomic mass is 10.2. The quantitative estimate of drug-likeness (QED) is 0.393. The summed E-state index contributed by atoms with van der Waals surface area (Å²) in [6.07, 6.45) is 2.85. The van der Waals surface area contributed by atoms with Crippen molar-refractivity contribution >= 4 is 28.0 Å². The van der Waals surface area contributed by atoms with Gasteiger partial charge in [-0.05, 0) is 36.4 Å². The number of hydrogen-bond acceptors (Lipinski definition) is 7. The highest BCUT2D eigenvalue weighted by Crippen LogP contribution is 2.23. The van der Waals surface area contributed by atoms with E-state index in [1.54, 1.807) is 55.6 Å². The molecule has 3 rings (SSSR count). The zero-order valence-electron chi connectivity index (χ0n) is 17.5. The van der Waals surface area contributed by atoms with Crippen molar-refractivity contribution in [3.8, 4) is 11.5 Å². The molecule has 2 aromatic carbocycles. The number of nitrogens with zero attached hydrogens (tertiary/aromatic N) is 3. The average molecular weight is 455 g/mol. The van der Waals surface area contributed by atoms with E-state index in [2.05, 4.69) is 15.5 Å². The monoisotopic (exact) mass is 454 g/mol. The molecule has 0 aliphatic rings. The molecule has 32 heavy (non-hydrogen) atoms. The Morgan fingerprint density at radius 3 is 2.47 bits per heavy atom. The third-order valence-electron chi connectivity index (χ3n) is 4.36. The van der Waals surface area contributed by atoms with Crippen LogP contribution in [0.4, 0.5) is 5.82 Å². The minimum absolute atomic E-state index is 0.0462. The van der Waals surface area contributed by atoms with E-state index in [0.29, 0.717) is 17.1 Å². The van der Waals surface area contributed by atoms with Crippen LogP contribution in [0.1, 0.15) is 5.56 Å². The molecule has 166 valence electrons. The smallest absolute Gasteiger partial charge is 0.265 e. The zero-order chi connectivity index (χ0) is 23.0. The van der Waals surface area contributed by atoms with Gasteiger partial charge in [0, 0.05) is 17.8 Å². The highest BCUT2D eigenvalue weighted by molar-refractivity contribution is 7.92. The predicted molar refractivity (Wildman–Crippen MR) is 120 cm³/mol. The maximum Gasteiger partial charge on any atom is 0.265 e. The second-order valence-electron chi connectivity index (χ2n) is 6.41. The van der Waals surface area contributed by atoms with Crippen molar-refractivity contribution in [3.63, 3.8) is 0 Å². The molecule has 10 heteroatoms. The first-order chi connectivity index (χ1) is 15.5. The average Bonchev–Trinajstić information content (AvgIpc) is 2.83. The molecular formula is C22H22N4O5S. The summed E-state index contributed by atoms with van der Waals surface area (Å²) < 4.78 is 37.7. The maximum atomic E-state index is 13.1. The number of amides is 1. The van der Waals surface area contributed by atoms with Crippen molar-refractivity contribution in [2.45, 2.75) is 4.90 Å². The summed E-state index contributed by atoms with van der Waals surface area (Å²) in [5, 5.41) is 3.92. The number of benzene rings is 2. The van der Waals surface area contributed by atoms with Gasteiger partial charge in [-0.2, -0.15) is 5.10 Å². The van der Waals surface area contributed by atoms with Crippen molar-refractivity contribution < 1.29 is 22.7 Å². The number of pyridine rings is 1. The molecule has 0 atom stereocenters. The Bertz CT molecular complexity index is 1190. The first kappa shape index (κ1) is 22.8. The van der Waals surface area contributed by atoms with Gasteiger partial charge in [-0.3, -0.25) is 4.79 Å². The molecule has 0 unspecified atom stereocenters. The number of aromatic nitrogens is 1. The van der Waals surface area contributed by atoms with E-state index in [9.17, 15) is 13.2 Å². The predicted octanol–water partition coefficient (Wildman–Crippen LogP) is 2.44. The lowest BCUT2D eigenvalue weighted by Gasteiger charge is -2.22. The van der Waals surface area contributed by atoms with E-state index < -0.39 is 22.5 Å². The molecule has 1 aromatic heterocycles. The maximum absolute atomic E-state index is 13.1. The standard InChI is InChI=1S/C22H22N4O5S/c1-30-18-12-11-17(20(14-18)31-2)15-24-25-22(27)16-26(21-10-6-7-13-23-21)32(28,29)19-8-4-3-5-9-19/h3-15H,16H2,1-2H3,(H,25,27)/b24-15-. The van der Waals surface area contributed by atoms with Crippen molar-refractivity contribution in [1.29, 1.82) is 0 Å². The Balaban J connectivity index is 1.79. The lowest BCUT2D eigenvalue weighted by molar-refractivity contribution is -0.119. The van der Waals surface area contributed by atoms with Gasteiger partial charge in [-0.25, -0.2) is 23.1 Å². The van der Waals surface area contributed by atoms with Gasteiger partial charge in [-0.1, -0.05) is 24.3 Å². The summed E-state index contributed by atoms with van der Waals surface area (Å²) >= 11 is 0. The van der Waals surface area contributed by atoms with E-state index in [0.717, 1.165) is 4.31 Å². The van der Waals surface area contributed by atoms with Crippen LogP contribution in [-0.4, -0.2) is 46.3 Å². The first-order valence-electron chi connectivity index (χ1n) is 9.48. The van der Waals surface area contributed by atoms with Crippen LogP contribution in [0, 0.1) is 0 Å². The molecule has 0 aliphatic heterocycles. The second kappa shape index (κ2) is 10.4. The van der Waals surface area contributed by atoms with Crippen molar-refractivity contribution in [1.82, 2.24) is 10.4 Å². The third kappa shape index (κ3) is 5.41. The highest BCUT2D eigenvalue weighted by Gasteiger charge is 2.27. The molecule has 9 nitrogen and oxygen atoms in total. The molecule has 1 heterocycles. The van der Waals surface area contributed by atoms with Gasteiger partial charge in [-0.15, -0.1) is 0 Å². The molecule has 1 N–H and O–H groups in total. The molecular weight excluding hydrogens is 432 g/mol. The molecule has 0 aliphatic carbocycles. The molecule has 0 saturated carbocycles. The molecule has 0 saturated heterocycles. The van der Waals surface area contributed by atoms with E-state index in [-0.39, 0.29) is 10.7 Å². The van der Waals surface area contributed by atoms with E-state index >= 15 is 0 Å². The number of anilines is 1. The Morgan fingerprint density at radius 2 is 1.81 bits per heavy atom. The fourth-order valence-electron chi connectivity index (χ4n) is 2.77. The van der Waals surface area contributed by atoms with Crippen LogP contribution in [0.25, 0.3) is 0 Å². The Labute approximate surface area is 186 Å². The SMILES string of the molecule is COc1ccc(/C=N\NC(=O)CN(c2ccccn2)S(=O)(=O)c2ccccc2)c(OC)c1. The summed E-state index contributed by atoms with van der Waals surface area (Å²) in [5.41, 5.74) is 2.95. The number of rotatable bonds is 9. The Kier molecular flexibility index (Phi) is 7.40. The second-order valence-corrected chi connectivity index (χ2v) is 8.28. The summed E-state index contributed by atoms with van der Waals surface area (Å²) in [4.78, 5) is 16.7. The summed E-state index contributed by atoms with van der Waals surface area (Å²) in [6.45, 7) is -0.509. The Morgan fingerprint density at radius 1 is 1.06 bits per heavy atom. The number of nitrogens with one attached hydrogen (secondary N) is 1. The van der Waals surface area contributed by atoms with E-state index in [4.69, 9.17) is 9.47 Å². The zero-order valence-corrected chi connectivity index (χ0v) is 18.3. The molecule has 1 amide bonds. The summed E-state index contributed by atoms with van der Waals surface area (Å²) in [6, 6.07) is 17.8. The van der Waals surface area contributed by atoms with Crippen molar-refractivity contribution in [2.75, 3.05) is 25.1 Å². The van der Waals surface area contributed by atoms with Crippen LogP contribution in [0.15, 0.2) is 82.9 Å². The van der Waals surface area contributed by atoms with Gasteiger partial charge in [0.15, 0.2) is 0 Å². The lowest BCUT2D eigenvalue weighted by Crippen LogP contribution is -2.40. The summed E-state index contributed by atoms with van der Waals surface area (Å²) in [7, 11) is -0.975. The van der Waals surface area contributed by atoms with Crippen molar-refractivity contribution in [2.24, 2.45) is 5.10 Å². The topological polar surface area (TPSA) is 110 Å². The molecule has 0 bridgehead atoms. The summed E-state index contributed by atoms with van der Waals surface area (Å²) in [5.74, 6) is 0.593. The van der Waals surface area contributed by atoms with Crippen LogP contribution in [0.5, 0.6) is 11.5 Å². The first-order valence-corrected chi connectivity index (χ1v) is 10.9. The van der Waals surface area contributed by atoms with Crippen LogP contribution in [0.2, 0.25) is 0 Å². The fraction of sp³-hybridized carbons (Fsp3) is 0.136. The number of methoxy groups -OCH3 is 2. The van der Waals surface area contributed by atoms with Gasteiger partial charge in [0.05, 0.1) is 25.3 Å². The number of carbonyl (C=O) groups excluding carboxylic acids is 1. The van der Waals surface area contributed by atoms with E-state index in [1.165, 1.54) is 37.7 Å². The number of ether oxygens (including phenoxy) is 2. The minimum Gasteiger partial charge on any atom is -0.497 e. The number of sulfonamides is 1. The number of carbonyl (C=O) groups is 1. The molecule has 3 aromatic rings. The highest BCUT2D eigenvalue weighted by atomic mass is 32.2. The Hall–Kier alpha value is -3.92. The minimum atomic E-state index is -4.02. The van der Waals surface area contributed by atoms with Gasteiger partial charge in [0.1, 0.15) is 23.9 Å². The molecule has 0 spiro atoms.